The Morgan fingerprint density at radius 1 is 1.22 bits per heavy atom. The molecule has 0 radical (unpaired) electrons. The highest BCUT2D eigenvalue weighted by atomic mass is 35.5. The van der Waals surface area contributed by atoms with Crippen LogP contribution >= 0.6 is 11.6 Å². The molecule has 7 heteroatoms. The van der Waals surface area contributed by atoms with Gasteiger partial charge in [0.25, 0.3) is 5.91 Å². The summed E-state index contributed by atoms with van der Waals surface area (Å²) in [7, 11) is 0. The van der Waals surface area contributed by atoms with E-state index in [1.165, 1.54) is 5.56 Å². The van der Waals surface area contributed by atoms with E-state index in [-0.39, 0.29) is 12.5 Å². The Labute approximate surface area is 163 Å². The van der Waals surface area contributed by atoms with Gasteiger partial charge in [-0.15, -0.1) is 10.2 Å². The maximum atomic E-state index is 12.2. The largest absolute Gasteiger partial charge is 0.482 e. The van der Waals surface area contributed by atoms with Gasteiger partial charge < -0.3 is 10.1 Å². The number of nitrogens with one attached hydrogen (secondary N) is 1. The van der Waals surface area contributed by atoms with Gasteiger partial charge >= 0.3 is 0 Å². The summed E-state index contributed by atoms with van der Waals surface area (Å²) >= 11 is 5.93. The van der Waals surface area contributed by atoms with Gasteiger partial charge in [-0.2, -0.15) is 0 Å². The lowest BCUT2D eigenvalue weighted by Gasteiger charge is -2.16. The minimum absolute atomic E-state index is 0.121. The fourth-order valence-corrected chi connectivity index (χ4v) is 2.82. The van der Waals surface area contributed by atoms with E-state index in [2.05, 4.69) is 29.4 Å². The first-order chi connectivity index (χ1) is 13.1. The van der Waals surface area contributed by atoms with Crippen molar-refractivity contribution in [2.45, 2.75) is 26.2 Å². The quantitative estimate of drug-likeness (QED) is 0.653. The molecule has 0 spiro atoms. The molecule has 1 amide bonds. The molecule has 1 N–H and O–H groups in total. The molecule has 3 rings (SSSR count). The normalized spacial score (nSPS) is 11.8. The standard InChI is InChI=1S/C20H21ClN4O2/c1-3-14(2)15-7-8-19(18(9-15)25-12-22-23-13-25)27-11-20(26)24-17-6-4-5-16(21)10-17/h4-10,12-14H,3,11H2,1-2H3,(H,24,26)/t14-/m0/s1. The highest BCUT2D eigenvalue weighted by Gasteiger charge is 2.13. The van der Waals surface area contributed by atoms with Crippen molar-refractivity contribution >= 4 is 23.2 Å². The zero-order chi connectivity index (χ0) is 19.2. The van der Waals surface area contributed by atoms with Crippen LogP contribution in [0.1, 0.15) is 31.7 Å². The van der Waals surface area contributed by atoms with Gasteiger partial charge in [0.05, 0.1) is 5.69 Å². The highest BCUT2D eigenvalue weighted by Crippen LogP contribution is 2.28. The summed E-state index contributed by atoms with van der Waals surface area (Å²) in [4.78, 5) is 12.2. The predicted molar refractivity (Wildman–Crippen MR) is 106 cm³/mol. The van der Waals surface area contributed by atoms with Crippen LogP contribution < -0.4 is 10.1 Å². The number of anilines is 1. The van der Waals surface area contributed by atoms with Crippen LogP contribution in [0.3, 0.4) is 0 Å². The number of aromatic nitrogens is 3. The number of amides is 1. The van der Waals surface area contributed by atoms with Crippen molar-refractivity contribution in [3.63, 3.8) is 0 Å². The number of carbonyl (C=O) groups is 1. The average molecular weight is 385 g/mol. The molecule has 0 unspecified atom stereocenters. The molecular formula is C20H21ClN4O2. The van der Waals surface area contributed by atoms with E-state index in [0.717, 1.165) is 12.1 Å². The summed E-state index contributed by atoms with van der Waals surface area (Å²) in [6.45, 7) is 4.20. The van der Waals surface area contributed by atoms with Gasteiger partial charge in [-0.25, -0.2) is 0 Å². The van der Waals surface area contributed by atoms with E-state index < -0.39 is 0 Å². The second-order valence-corrected chi connectivity index (χ2v) is 6.69. The van der Waals surface area contributed by atoms with Gasteiger partial charge in [0.15, 0.2) is 6.61 Å². The fourth-order valence-electron chi connectivity index (χ4n) is 2.63. The van der Waals surface area contributed by atoms with E-state index >= 15 is 0 Å². The number of halogens is 1. The molecule has 0 saturated carbocycles. The molecule has 140 valence electrons. The molecule has 0 bridgehead atoms. The van der Waals surface area contributed by atoms with Gasteiger partial charge in [-0.05, 0) is 48.2 Å². The predicted octanol–water partition coefficient (Wildman–Crippen LogP) is 4.45. The fraction of sp³-hybridized carbons (Fsp3) is 0.250. The molecule has 3 aromatic rings. The molecule has 1 heterocycles. The zero-order valence-corrected chi connectivity index (χ0v) is 16.0. The Balaban J connectivity index is 1.75. The van der Waals surface area contributed by atoms with Crippen molar-refractivity contribution in [3.05, 3.63) is 65.7 Å². The van der Waals surface area contributed by atoms with Gasteiger partial charge in [0.1, 0.15) is 18.4 Å². The van der Waals surface area contributed by atoms with Crippen LogP contribution in [0.4, 0.5) is 5.69 Å². The third kappa shape index (κ3) is 4.86. The van der Waals surface area contributed by atoms with Crippen molar-refractivity contribution in [1.82, 2.24) is 14.8 Å². The van der Waals surface area contributed by atoms with E-state index in [1.807, 2.05) is 18.2 Å². The number of ether oxygens (including phenoxy) is 1. The monoisotopic (exact) mass is 384 g/mol. The van der Waals surface area contributed by atoms with E-state index in [0.29, 0.717) is 22.4 Å². The maximum Gasteiger partial charge on any atom is 0.262 e. The Bertz CT molecular complexity index is 912. The molecule has 0 aliphatic rings. The lowest BCUT2D eigenvalue weighted by molar-refractivity contribution is -0.118. The second-order valence-electron chi connectivity index (χ2n) is 6.25. The topological polar surface area (TPSA) is 69.0 Å². The minimum atomic E-state index is -0.266. The van der Waals surface area contributed by atoms with Crippen molar-refractivity contribution in [3.8, 4) is 11.4 Å². The maximum absolute atomic E-state index is 12.2. The van der Waals surface area contributed by atoms with Crippen LogP contribution in [0.15, 0.2) is 55.1 Å². The van der Waals surface area contributed by atoms with Gasteiger partial charge in [-0.1, -0.05) is 37.6 Å². The summed E-state index contributed by atoms with van der Waals surface area (Å²) in [6.07, 6.45) is 4.24. The molecule has 6 nitrogen and oxygen atoms in total. The van der Waals surface area contributed by atoms with E-state index in [1.54, 1.807) is 41.5 Å². The summed E-state index contributed by atoms with van der Waals surface area (Å²) < 4.78 is 7.55. The first-order valence-electron chi connectivity index (χ1n) is 8.74. The van der Waals surface area contributed by atoms with Crippen LogP contribution in [-0.4, -0.2) is 27.3 Å². The van der Waals surface area contributed by atoms with Crippen LogP contribution in [-0.2, 0) is 4.79 Å². The molecule has 1 aromatic heterocycles. The smallest absolute Gasteiger partial charge is 0.262 e. The number of benzene rings is 2. The third-order valence-electron chi connectivity index (χ3n) is 4.33. The summed E-state index contributed by atoms with van der Waals surface area (Å²) in [6, 6.07) is 12.9. The minimum Gasteiger partial charge on any atom is -0.482 e. The van der Waals surface area contributed by atoms with Crippen molar-refractivity contribution in [2.24, 2.45) is 0 Å². The van der Waals surface area contributed by atoms with Gasteiger partial charge in [0.2, 0.25) is 0 Å². The Kier molecular flexibility index (Phi) is 6.08. The number of hydrogen-bond acceptors (Lipinski definition) is 4. The third-order valence-corrected chi connectivity index (χ3v) is 4.56. The second kappa shape index (κ2) is 8.68. The molecule has 0 aliphatic heterocycles. The van der Waals surface area contributed by atoms with Crippen LogP contribution in [0.2, 0.25) is 5.02 Å². The van der Waals surface area contributed by atoms with E-state index in [4.69, 9.17) is 16.3 Å². The zero-order valence-electron chi connectivity index (χ0n) is 15.2. The summed E-state index contributed by atoms with van der Waals surface area (Å²) in [5.74, 6) is 0.737. The molecular weight excluding hydrogens is 364 g/mol. The molecule has 27 heavy (non-hydrogen) atoms. The molecule has 2 aromatic carbocycles. The average Bonchev–Trinajstić information content (AvgIpc) is 3.20. The Morgan fingerprint density at radius 2 is 2.00 bits per heavy atom. The molecule has 0 aliphatic carbocycles. The van der Waals surface area contributed by atoms with Crippen molar-refractivity contribution < 1.29 is 9.53 Å². The highest BCUT2D eigenvalue weighted by molar-refractivity contribution is 6.30. The lowest BCUT2D eigenvalue weighted by atomic mass is 9.98. The van der Waals surface area contributed by atoms with Gasteiger partial charge in [0, 0.05) is 10.7 Å². The molecule has 1 atom stereocenters. The lowest BCUT2D eigenvalue weighted by Crippen LogP contribution is -2.20. The van der Waals surface area contributed by atoms with Crippen LogP contribution in [0.5, 0.6) is 5.75 Å². The number of rotatable bonds is 7. The SMILES string of the molecule is CC[C@H](C)c1ccc(OCC(=O)Nc2cccc(Cl)c2)c(-n2cnnc2)c1. The Morgan fingerprint density at radius 3 is 2.70 bits per heavy atom. The number of hydrogen-bond donors (Lipinski definition) is 1. The number of nitrogens with zero attached hydrogens (tertiary/aromatic N) is 3. The van der Waals surface area contributed by atoms with Crippen LogP contribution in [0.25, 0.3) is 5.69 Å². The van der Waals surface area contributed by atoms with Crippen LogP contribution in [0, 0.1) is 0 Å². The Hall–Kier alpha value is -2.86. The van der Waals surface area contributed by atoms with Crippen molar-refractivity contribution in [1.29, 1.82) is 0 Å². The molecule has 0 fully saturated rings. The molecule has 0 saturated heterocycles. The number of carbonyl (C=O) groups excluding carboxylic acids is 1. The van der Waals surface area contributed by atoms with Crippen molar-refractivity contribution in [2.75, 3.05) is 11.9 Å². The van der Waals surface area contributed by atoms with Gasteiger partial charge in [-0.3, -0.25) is 9.36 Å². The van der Waals surface area contributed by atoms with E-state index in [9.17, 15) is 4.79 Å². The first kappa shape index (κ1) is 18.9. The summed E-state index contributed by atoms with van der Waals surface area (Å²) in [5.41, 5.74) is 2.62. The summed E-state index contributed by atoms with van der Waals surface area (Å²) in [5, 5.41) is 11.0. The first-order valence-corrected chi connectivity index (χ1v) is 9.11.